The Labute approximate surface area is 91.3 Å². The van der Waals surface area contributed by atoms with Gasteiger partial charge in [0.15, 0.2) is 4.34 Å². The van der Waals surface area contributed by atoms with Crippen LogP contribution in [0.2, 0.25) is 0 Å². The fraction of sp³-hybridized carbons (Fsp3) is 0.750. The Morgan fingerprint density at radius 3 is 2.86 bits per heavy atom. The van der Waals surface area contributed by atoms with Crippen molar-refractivity contribution in [3.05, 3.63) is 0 Å². The van der Waals surface area contributed by atoms with E-state index < -0.39 is 0 Å². The van der Waals surface area contributed by atoms with E-state index in [2.05, 4.69) is 15.1 Å². The number of thioether (sulfide) groups is 1. The monoisotopic (exact) mass is 231 g/mol. The lowest BCUT2D eigenvalue weighted by molar-refractivity contribution is 0.322. The molecule has 14 heavy (non-hydrogen) atoms. The van der Waals surface area contributed by atoms with Gasteiger partial charge in [-0.2, -0.15) is 0 Å². The summed E-state index contributed by atoms with van der Waals surface area (Å²) in [6.45, 7) is 2.42. The highest BCUT2D eigenvalue weighted by Gasteiger charge is 2.16. The van der Waals surface area contributed by atoms with Crippen LogP contribution < -0.4 is 4.90 Å². The first-order valence-corrected chi connectivity index (χ1v) is 6.52. The Kier molecular flexibility index (Phi) is 3.61. The summed E-state index contributed by atoms with van der Waals surface area (Å²) in [6.07, 6.45) is 2.53. The van der Waals surface area contributed by atoms with E-state index in [1.165, 1.54) is 12.8 Å². The van der Waals surface area contributed by atoms with Crippen molar-refractivity contribution in [3.63, 3.8) is 0 Å². The van der Waals surface area contributed by atoms with Crippen molar-refractivity contribution in [2.75, 3.05) is 30.3 Å². The van der Waals surface area contributed by atoms with Crippen molar-refractivity contribution >= 4 is 28.2 Å². The molecular formula is C8H13N3OS2. The normalized spacial score (nSPS) is 16.5. The molecule has 1 N–H and O–H groups in total. The molecule has 78 valence electrons. The molecule has 1 saturated heterocycles. The maximum atomic E-state index is 8.67. The lowest BCUT2D eigenvalue weighted by atomic mass is 10.4. The summed E-state index contributed by atoms with van der Waals surface area (Å²) < 4.78 is 0.959. The minimum atomic E-state index is 0.198. The summed E-state index contributed by atoms with van der Waals surface area (Å²) >= 11 is 3.19. The van der Waals surface area contributed by atoms with Gasteiger partial charge in [-0.15, -0.1) is 10.2 Å². The highest BCUT2D eigenvalue weighted by atomic mass is 32.2. The van der Waals surface area contributed by atoms with Crippen LogP contribution >= 0.6 is 23.1 Å². The molecule has 1 fully saturated rings. The maximum absolute atomic E-state index is 8.67. The summed E-state index contributed by atoms with van der Waals surface area (Å²) in [5.41, 5.74) is 0. The molecule has 0 spiro atoms. The molecule has 0 unspecified atom stereocenters. The van der Waals surface area contributed by atoms with E-state index >= 15 is 0 Å². The van der Waals surface area contributed by atoms with Crippen LogP contribution in [0, 0.1) is 0 Å². The minimum absolute atomic E-state index is 0.198. The van der Waals surface area contributed by atoms with E-state index in [-0.39, 0.29) is 6.61 Å². The van der Waals surface area contributed by atoms with Gasteiger partial charge in [0.05, 0.1) is 6.61 Å². The molecule has 6 heteroatoms. The van der Waals surface area contributed by atoms with Crippen molar-refractivity contribution < 1.29 is 5.11 Å². The average molecular weight is 231 g/mol. The Morgan fingerprint density at radius 1 is 1.36 bits per heavy atom. The van der Waals surface area contributed by atoms with Gasteiger partial charge < -0.3 is 10.0 Å². The topological polar surface area (TPSA) is 49.3 Å². The predicted molar refractivity (Wildman–Crippen MR) is 59.2 cm³/mol. The third-order valence-electron chi connectivity index (χ3n) is 2.09. The zero-order valence-electron chi connectivity index (χ0n) is 7.85. The summed E-state index contributed by atoms with van der Waals surface area (Å²) in [5, 5.41) is 17.9. The quantitative estimate of drug-likeness (QED) is 0.790. The molecule has 0 aliphatic carbocycles. The Morgan fingerprint density at radius 2 is 2.14 bits per heavy atom. The molecule has 0 radical (unpaired) electrons. The third kappa shape index (κ3) is 2.37. The van der Waals surface area contributed by atoms with Gasteiger partial charge in [-0.1, -0.05) is 23.1 Å². The van der Waals surface area contributed by atoms with Crippen LogP contribution in [0.15, 0.2) is 4.34 Å². The lowest BCUT2D eigenvalue weighted by Gasteiger charge is -2.10. The number of aromatic nitrogens is 2. The molecule has 1 aliphatic heterocycles. The van der Waals surface area contributed by atoms with E-state index in [0.29, 0.717) is 5.75 Å². The van der Waals surface area contributed by atoms with Gasteiger partial charge >= 0.3 is 0 Å². The van der Waals surface area contributed by atoms with Gasteiger partial charge in [0, 0.05) is 18.8 Å². The van der Waals surface area contributed by atoms with Crippen molar-refractivity contribution in [3.8, 4) is 0 Å². The number of nitrogens with zero attached hydrogens (tertiary/aromatic N) is 3. The largest absolute Gasteiger partial charge is 0.396 e. The zero-order valence-corrected chi connectivity index (χ0v) is 9.48. The van der Waals surface area contributed by atoms with E-state index in [1.807, 2.05) is 0 Å². The molecule has 1 aromatic rings. The van der Waals surface area contributed by atoms with E-state index in [9.17, 15) is 0 Å². The highest BCUT2D eigenvalue weighted by Crippen LogP contribution is 2.29. The molecule has 1 aromatic heterocycles. The molecular weight excluding hydrogens is 218 g/mol. The van der Waals surface area contributed by atoms with Crippen LogP contribution in [-0.2, 0) is 0 Å². The number of hydrogen-bond acceptors (Lipinski definition) is 6. The Hall–Kier alpha value is -0.330. The zero-order chi connectivity index (χ0) is 9.80. The van der Waals surface area contributed by atoms with Crippen molar-refractivity contribution in [2.45, 2.75) is 17.2 Å². The second-order valence-electron chi connectivity index (χ2n) is 3.12. The van der Waals surface area contributed by atoms with Gasteiger partial charge in [-0.05, 0) is 12.8 Å². The van der Waals surface area contributed by atoms with Crippen LogP contribution in [0.1, 0.15) is 12.8 Å². The van der Waals surface area contributed by atoms with Crippen LogP contribution in [0.5, 0.6) is 0 Å². The van der Waals surface area contributed by atoms with Gasteiger partial charge in [-0.25, -0.2) is 0 Å². The summed E-state index contributed by atoms with van der Waals surface area (Å²) in [5.74, 6) is 0.703. The van der Waals surface area contributed by atoms with Crippen LogP contribution in [0.3, 0.4) is 0 Å². The second-order valence-corrected chi connectivity index (χ2v) is 5.41. The van der Waals surface area contributed by atoms with Crippen LogP contribution in [0.25, 0.3) is 0 Å². The van der Waals surface area contributed by atoms with Gasteiger partial charge in [0.25, 0.3) is 0 Å². The first-order valence-electron chi connectivity index (χ1n) is 4.72. The number of aliphatic hydroxyl groups is 1. The summed E-state index contributed by atoms with van der Waals surface area (Å²) in [6, 6.07) is 0. The van der Waals surface area contributed by atoms with Crippen LogP contribution in [-0.4, -0.2) is 40.8 Å². The molecule has 2 rings (SSSR count). The number of anilines is 1. The number of hydrogen-bond donors (Lipinski definition) is 1. The molecule has 1 aliphatic rings. The SMILES string of the molecule is OCCSc1nnc(N2CCCC2)s1. The van der Waals surface area contributed by atoms with Crippen LogP contribution in [0.4, 0.5) is 5.13 Å². The standard InChI is InChI=1S/C8H13N3OS2/c12-5-6-13-8-10-9-7(14-8)11-3-1-2-4-11/h12H,1-6H2. The minimum Gasteiger partial charge on any atom is -0.396 e. The molecule has 0 bridgehead atoms. The van der Waals surface area contributed by atoms with Crippen molar-refractivity contribution in [2.24, 2.45) is 0 Å². The number of rotatable bonds is 4. The van der Waals surface area contributed by atoms with E-state index in [4.69, 9.17) is 5.11 Å². The number of aliphatic hydroxyl groups excluding tert-OH is 1. The molecule has 2 heterocycles. The molecule has 0 aromatic carbocycles. The van der Waals surface area contributed by atoms with Crippen molar-refractivity contribution in [1.82, 2.24) is 10.2 Å². The Bertz CT molecular complexity index is 286. The fourth-order valence-electron chi connectivity index (χ4n) is 1.43. The second kappa shape index (κ2) is 4.95. The van der Waals surface area contributed by atoms with E-state index in [1.54, 1.807) is 23.1 Å². The Balaban J connectivity index is 1.94. The molecule has 0 atom stereocenters. The summed E-state index contributed by atoms with van der Waals surface area (Å²) in [7, 11) is 0. The first-order chi connectivity index (χ1) is 6.90. The smallest absolute Gasteiger partial charge is 0.209 e. The third-order valence-corrected chi connectivity index (χ3v) is 4.19. The molecule has 4 nitrogen and oxygen atoms in total. The molecule has 0 saturated carbocycles. The highest BCUT2D eigenvalue weighted by molar-refractivity contribution is 8.01. The molecule has 0 amide bonds. The predicted octanol–water partition coefficient (Wildman–Crippen LogP) is 1.22. The first kappa shape index (κ1) is 10.2. The average Bonchev–Trinajstić information content (AvgIpc) is 2.85. The van der Waals surface area contributed by atoms with Crippen molar-refractivity contribution in [1.29, 1.82) is 0 Å². The van der Waals surface area contributed by atoms with Gasteiger partial charge in [0.2, 0.25) is 5.13 Å². The van der Waals surface area contributed by atoms with E-state index in [0.717, 1.165) is 22.6 Å². The fourth-order valence-corrected chi connectivity index (χ4v) is 3.13. The summed E-state index contributed by atoms with van der Waals surface area (Å²) in [4.78, 5) is 2.28. The maximum Gasteiger partial charge on any atom is 0.209 e. The lowest BCUT2D eigenvalue weighted by Crippen LogP contribution is -2.17. The van der Waals surface area contributed by atoms with Gasteiger partial charge in [-0.3, -0.25) is 0 Å². The van der Waals surface area contributed by atoms with Gasteiger partial charge in [0.1, 0.15) is 0 Å².